The number of aromatic nitrogens is 3. The fourth-order valence-electron chi connectivity index (χ4n) is 4.52. The van der Waals surface area contributed by atoms with E-state index in [1.54, 1.807) is 19.9 Å². The van der Waals surface area contributed by atoms with E-state index in [0.717, 1.165) is 18.2 Å². The predicted octanol–water partition coefficient (Wildman–Crippen LogP) is 6.73. The highest BCUT2D eigenvalue weighted by Gasteiger charge is 2.48. The lowest BCUT2D eigenvalue weighted by Gasteiger charge is -2.45. The molecule has 1 N–H and O–H groups in total. The van der Waals surface area contributed by atoms with Gasteiger partial charge in [0.2, 0.25) is 0 Å². The molecule has 1 fully saturated rings. The number of ether oxygens (including phenoxy) is 2. The van der Waals surface area contributed by atoms with E-state index >= 15 is 0 Å². The largest absolute Gasteiger partial charge is 0.416 e. The van der Waals surface area contributed by atoms with Crippen molar-refractivity contribution in [3.8, 4) is 0 Å². The molecule has 13 heteroatoms. The SMILES string of the molecule is CC(C)(SC1COC(C=CC=Cc2ccccc2C(F)(F)F)OC1)C(O)(Cn1cncn1)c1ccc(C(F)(F)F)cc1. The lowest BCUT2D eigenvalue weighted by atomic mass is 9.82. The van der Waals surface area contributed by atoms with Crippen molar-refractivity contribution in [1.82, 2.24) is 14.8 Å². The van der Waals surface area contributed by atoms with Crippen LogP contribution in [0.4, 0.5) is 26.3 Å². The smallest absolute Gasteiger partial charge is 0.382 e. The zero-order chi connectivity index (χ0) is 30.6. The fraction of sp³-hybridized carbons (Fsp3) is 0.379. The van der Waals surface area contributed by atoms with Gasteiger partial charge in [-0.15, -0.1) is 11.8 Å². The summed E-state index contributed by atoms with van der Waals surface area (Å²) in [6.45, 7) is 3.96. The lowest BCUT2D eigenvalue weighted by Crippen LogP contribution is -2.50. The monoisotopic (exact) mass is 613 g/mol. The summed E-state index contributed by atoms with van der Waals surface area (Å²) in [6, 6.07) is 9.63. The van der Waals surface area contributed by atoms with Crippen molar-refractivity contribution in [2.45, 2.75) is 54.6 Å². The van der Waals surface area contributed by atoms with Crippen LogP contribution in [0, 0.1) is 0 Å². The number of alkyl halides is 6. The van der Waals surface area contributed by atoms with Crippen molar-refractivity contribution < 1.29 is 40.9 Å². The molecule has 226 valence electrons. The van der Waals surface area contributed by atoms with E-state index in [1.807, 2.05) is 0 Å². The first-order valence-electron chi connectivity index (χ1n) is 12.8. The normalized spacial score (nSPS) is 20.3. The molecule has 0 bridgehead atoms. The number of rotatable bonds is 9. The van der Waals surface area contributed by atoms with E-state index in [9.17, 15) is 31.4 Å². The minimum absolute atomic E-state index is 0.0326. The maximum Gasteiger partial charge on any atom is 0.416 e. The number of hydrogen-bond donors (Lipinski definition) is 1. The van der Waals surface area contributed by atoms with Crippen molar-refractivity contribution in [2.75, 3.05) is 13.2 Å². The van der Waals surface area contributed by atoms with Crippen molar-refractivity contribution in [3.63, 3.8) is 0 Å². The zero-order valence-electron chi connectivity index (χ0n) is 22.6. The highest BCUT2D eigenvalue weighted by atomic mass is 32.2. The lowest BCUT2D eigenvalue weighted by molar-refractivity contribution is -0.146. The maximum atomic E-state index is 13.2. The number of allylic oxidation sites excluding steroid dienone is 2. The van der Waals surface area contributed by atoms with Crippen LogP contribution >= 0.6 is 11.8 Å². The van der Waals surface area contributed by atoms with E-state index < -0.39 is 40.1 Å². The molecule has 0 saturated carbocycles. The summed E-state index contributed by atoms with van der Waals surface area (Å²) >= 11 is 1.36. The van der Waals surface area contributed by atoms with Gasteiger partial charge in [-0.05, 0) is 49.2 Å². The van der Waals surface area contributed by atoms with Crippen LogP contribution in [-0.2, 0) is 34.0 Å². The molecule has 0 aliphatic carbocycles. The van der Waals surface area contributed by atoms with Crippen LogP contribution in [0.2, 0.25) is 0 Å². The zero-order valence-corrected chi connectivity index (χ0v) is 23.5. The third kappa shape index (κ3) is 7.63. The molecule has 1 atom stereocenters. The highest BCUT2D eigenvalue weighted by molar-refractivity contribution is 8.01. The van der Waals surface area contributed by atoms with Crippen LogP contribution in [0.5, 0.6) is 0 Å². The highest BCUT2D eigenvalue weighted by Crippen LogP contribution is 2.46. The predicted molar refractivity (Wildman–Crippen MR) is 146 cm³/mol. The summed E-state index contributed by atoms with van der Waals surface area (Å²) in [6.07, 6.45) is -1.07. The molecule has 2 aromatic carbocycles. The number of aliphatic hydroxyl groups is 1. The van der Waals surface area contributed by atoms with Crippen molar-refractivity contribution in [2.24, 2.45) is 0 Å². The molecule has 3 aromatic rings. The van der Waals surface area contributed by atoms with Gasteiger partial charge in [0.05, 0.1) is 36.1 Å². The number of thioether (sulfide) groups is 1. The molecule has 1 unspecified atom stereocenters. The minimum atomic E-state index is -4.52. The van der Waals surface area contributed by atoms with Crippen molar-refractivity contribution >= 4 is 17.8 Å². The average Bonchev–Trinajstić information content (AvgIpc) is 3.44. The van der Waals surface area contributed by atoms with Crippen LogP contribution in [-0.4, -0.2) is 49.4 Å². The van der Waals surface area contributed by atoms with Crippen LogP contribution in [0.25, 0.3) is 6.08 Å². The Hall–Kier alpha value is -3.13. The molecule has 1 aromatic heterocycles. The Bertz CT molecular complexity index is 1370. The number of nitrogens with zero attached hydrogens (tertiary/aromatic N) is 3. The molecule has 2 heterocycles. The van der Waals surface area contributed by atoms with Gasteiger partial charge >= 0.3 is 12.4 Å². The Kier molecular flexibility index (Phi) is 9.55. The Morgan fingerprint density at radius 1 is 0.929 bits per heavy atom. The minimum Gasteiger partial charge on any atom is -0.382 e. The summed E-state index contributed by atoms with van der Waals surface area (Å²) in [5.74, 6) is 0. The number of benzene rings is 2. The van der Waals surface area contributed by atoms with E-state index in [0.29, 0.717) is 0 Å². The first kappa shape index (κ1) is 31.8. The van der Waals surface area contributed by atoms with E-state index in [-0.39, 0.29) is 36.1 Å². The molecule has 1 aliphatic heterocycles. The molecule has 1 saturated heterocycles. The molecule has 0 radical (unpaired) electrons. The number of halogens is 6. The van der Waals surface area contributed by atoms with Crippen molar-refractivity contribution in [1.29, 1.82) is 0 Å². The average molecular weight is 614 g/mol. The molecule has 4 rings (SSSR count). The summed E-state index contributed by atoms with van der Waals surface area (Å²) in [4.78, 5) is 3.90. The van der Waals surface area contributed by atoms with Gasteiger partial charge in [-0.3, -0.25) is 0 Å². The van der Waals surface area contributed by atoms with Crippen molar-refractivity contribution in [3.05, 3.63) is 102 Å². The maximum absolute atomic E-state index is 13.2. The second-order valence-electron chi connectivity index (χ2n) is 10.1. The van der Waals surface area contributed by atoms with Crippen LogP contribution in [0.1, 0.15) is 36.1 Å². The third-order valence-electron chi connectivity index (χ3n) is 6.82. The van der Waals surface area contributed by atoms with E-state index in [4.69, 9.17) is 9.47 Å². The summed E-state index contributed by atoms with van der Waals surface area (Å²) in [5, 5.41) is 15.8. The van der Waals surface area contributed by atoms with Crippen LogP contribution < -0.4 is 0 Å². The molecule has 6 nitrogen and oxygen atoms in total. The third-order valence-corrected chi connectivity index (χ3v) is 8.35. The number of hydrogen-bond acceptors (Lipinski definition) is 6. The van der Waals surface area contributed by atoms with Gasteiger partial charge in [0.1, 0.15) is 18.3 Å². The van der Waals surface area contributed by atoms with Gasteiger partial charge in [0, 0.05) is 4.75 Å². The summed E-state index contributed by atoms with van der Waals surface area (Å²) in [7, 11) is 0. The first-order chi connectivity index (χ1) is 19.7. The van der Waals surface area contributed by atoms with E-state index in [2.05, 4.69) is 10.1 Å². The summed E-state index contributed by atoms with van der Waals surface area (Å²) < 4.78 is 91.0. The van der Waals surface area contributed by atoms with Gasteiger partial charge in [0.25, 0.3) is 0 Å². The first-order valence-corrected chi connectivity index (χ1v) is 13.7. The Balaban J connectivity index is 1.41. The second kappa shape index (κ2) is 12.6. The fourth-order valence-corrected chi connectivity index (χ4v) is 6.03. The topological polar surface area (TPSA) is 69.4 Å². The van der Waals surface area contributed by atoms with Gasteiger partial charge in [-0.1, -0.05) is 48.6 Å². The van der Waals surface area contributed by atoms with E-state index in [1.165, 1.54) is 77.7 Å². The molecule has 0 spiro atoms. The Labute approximate surface area is 243 Å². The van der Waals surface area contributed by atoms with Crippen LogP contribution in [0.15, 0.2) is 79.4 Å². The van der Waals surface area contributed by atoms with Gasteiger partial charge in [-0.25, -0.2) is 9.67 Å². The van der Waals surface area contributed by atoms with Gasteiger partial charge < -0.3 is 14.6 Å². The molecule has 0 amide bonds. The molecule has 42 heavy (non-hydrogen) atoms. The standard InChI is InChI=1S/C29H29F6N3O3S/c1-26(2,27(39,17-38-19-36-18-37-38)21-11-13-22(14-12-21)28(30,31)32)42-23-15-40-25(41-16-23)10-6-4-8-20-7-3-5-9-24(20)29(33,34)35/h3-14,18-19,23,25,39H,15-17H2,1-2H3. The van der Waals surface area contributed by atoms with Gasteiger partial charge in [-0.2, -0.15) is 31.4 Å². The quantitative estimate of drug-likeness (QED) is 0.213. The molecular formula is C29H29F6N3O3S. The summed E-state index contributed by atoms with van der Waals surface area (Å²) in [5.41, 5.74) is -2.91. The Morgan fingerprint density at radius 3 is 2.17 bits per heavy atom. The molecule has 1 aliphatic rings. The van der Waals surface area contributed by atoms with Crippen LogP contribution in [0.3, 0.4) is 0 Å². The molecular weight excluding hydrogens is 584 g/mol. The Morgan fingerprint density at radius 2 is 1.57 bits per heavy atom. The van der Waals surface area contributed by atoms with Gasteiger partial charge in [0.15, 0.2) is 6.29 Å². The second-order valence-corrected chi connectivity index (χ2v) is 12.1.